The van der Waals surface area contributed by atoms with Gasteiger partial charge in [0.2, 0.25) is 0 Å². The second kappa shape index (κ2) is 6.34. The van der Waals surface area contributed by atoms with E-state index in [9.17, 15) is 23.9 Å². The van der Waals surface area contributed by atoms with Crippen LogP contribution in [-0.4, -0.2) is 44.9 Å². The van der Waals surface area contributed by atoms with Gasteiger partial charge in [-0.25, -0.2) is 4.39 Å². The molecular weight excluding hydrogens is 389 g/mol. The number of fused-ring (bicyclic) bond motifs is 3. The van der Waals surface area contributed by atoms with Gasteiger partial charge in [0.25, 0.3) is 17.4 Å². The smallest absolute Gasteiger partial charge is 0.295 e. The van der Waals surface area contributed by atoms with Crippen molar-refractivity contribution in [3.8, 4) is 5.75 Å². The van der Waals surface area contributed by atoms with Crippen LogP contribution >= 0.6 is 11.6 Å². The third-order valence-electron chi connectivity index (χ3n) is 5.43. The van der Waals surface area contributed by atoms with Crippen LogP contribution in [0.15, 0.2) is 23.0 Å². The first kappa shape index (κ1) is 18.5. The Kier molecular flexibility index (Phi) is 4.19. The minimum Gasteiger partial charge on any atom is -0.502 e. The molecule has 0 saturated heterocycles. The number of pyridine rings is 1. The van der Waals surface area contributed by atoms with E-state index in [-0.39, 0.29) is 35.3 Å². The van der Waals surface area contributed by atoms with E-state index < -0.39 is 29.2 Å². The van der Waals surface area contributed by atoms with Gasteiger partial charge in [0.1, 0.15) is 17.7 Å². The lowest BCUT2D eigenvalue weighted by atomic mass is 9.96. The van der Waals surface area contributed by atoms with E-state index >= 15 is 0 Å². The molecule has 1 unspecified atom stereocenters. The summed E-state index contributed by atoms with van der Waals surface area (Å²) in [6.07, 6.45) is -0.230. The van der Waals surface area contributed by atoms with Gasteiger partial charge in [-0.3, -0.25) is 19.0 Å². The molecule has 0 spiro atoms. The van der Waals surface area contributed by atoms with Crippen LogP contribution in [0.1, 0.15) is 45.1 Å². The first-order chi connectivity index (χ1) is 13.2. The maximum absolute atomic E-state index is 13.4. The molecule has 2 aliphatic rings. The standard InChI is InChI=1S/C19H17ClFN3O4/c1-9-22(2)18(27)15-11-5-6-23(8-10-3-4-13(21)12(20)7-10)17(26)14(11)16(25)19(28)24(9)15/h3-4,7,9,25H,5-6,8H2,1-2H3. The summed E-state index contributed by atoms with van der Waals surface area (Å²) in [5.74, 6) is -2.11. The maximum atomic E-state index is 13.4. The van der Waals surface area contributed by atoms with E-state index in [1.165, 1.54) is 32.6 Å². The summed E-state index contributed by atoms with van der Waals surface area (Å²) in [4.78, 5) is 41.1. The molecule has 0 radical (unpaired) electrons. The van der Waals surface area contributed by atoms with Crippen LogP contribution in [0.3, 0.4) is 0 Å². The number of carbonyl (C=O) groups is 2. The lowest BCUT2D eigenvalue weighted by Crippen LogP contribution is -2.40. The molecule has 146 valence electrons. The normalized spacial score (nSPS) is 18.5. The summed E-state index contributed by atoms with van der Waals surface area (Å²) >= 11 is 5.80. The van der Waals surface area contributed by atoms with Crippen LogP contribution in [0, 0.1) is 5.82 Å². The minimum atomic E-state index is -0.765. The SMILES string of the molecule is CC1N(C)C(=O)c2c3c(c(O)c(=O)n21)C(=O)N(Cc1ccc(F)c(Cl)c1)CC3. The molecule has 3 heterocycles. The lowest BCUT2D eigenvalue weighted by molar-refractivity contribution is 0.0722. The highest BCUT2D eigenvalue weighted by atomic mass is 35.5. The van der Waals surface area contributed by atoms with E-state index in [1.54, 1.807) is 14.0 Å². The third kappa shape index (κ3) is 2.51. The quantitative estimate of drug-likeness (QED) is 0.829. The molecule has 1 aromatic heterocycles. The molecule has 9 heteroatoms. The van der Waals surface area contributed by atoms with E-state index in [2.05, 4.69) is 0 Å². The van der Waals surface area contributed by atoms with Gasteiger partial charge >= 0.3 is 0 Å². The fraction of sp³-hybridized carbons (Fsp3) is 0.316. The fourth-order valence-electron chi connectivity index (χ4n) is 3.82. The first-order valence-corrected chi connectivity index (χ1v) is 9.10. The topological polar surface area (TPSA) is 82.9 Å². The number of benzene rings is 1. The van der Waals surface area contributed by atoms with Gasteiger partial charge in [-0.2, -0.15) is 0 Å². The Labute approximate surface area is 164 Å². The second-order valence-corrected chi connectivity index (χ2v) is 7.41. The van der Waals surface area contributed by atoms with Crippen LogP contribution in [0.5, 0.6) is 5.75 Å². The average molecular weight is 406 g/mol. The summed E-state index contributed by atoms with van der Waals surface area (Å²) in [6, 6.07) is 4.16. The molecule has 1 aromatic carbocycles. The lowest BCUT2D eigenvalue weighted by Gasteiger charge is -2.30. The van der Waals surface area contributed by atoms with Crippen molar-refractivity contribution in [1.82, 2.24) is 14.4 Å². The average Bonchev–Trinajstić information content (AvgIpc) is 2.89. The van der Waals surface area contributed by atoms with Crippen LogP contribution in [0.4, 0.5) is 4.39 Å². The summed E-state index contributed by atoms with van der Waals surface area (Å²) in [6.45, 7) is 2.11. The van der Waals surface area contributed by atoms with Crippen molar-refractivity contribution >= 4 is 23.4 Å². The number of hydrogen-bond donors (Lipinski definition) is 1. The molecule has 7 nitrogen and oxygen atoms in total. The molecule has 1 atom stereocenters. The van der Waals surface area contributed by atoms with Gasteiger partial charge in [-0.05, 0) is 31.0 Å². The van der Waals surface area contributed by atoms with Crippen LogP contribution in [-0.2, 0) is 13.0 Å². The highest BCUT2D eigenvalue weighted by Crippen LogP contribution is 2.34. The Balaban J connectivity index is 1.77. The van der Waals surface area contributed by atoms with Gasteiger partial charge in [0.15, 0.2) is 5.75 Å². The molecule has 2 aromatic rings. The van der Waals surface area contributed by atoms with E-state index in [0.717, 1.165) is 0 Å². The fourth-order valence-corrected chi connectivity index (χ4v) is 4.02. The number of rotatable bonds is 2. The molecule has 0 aliphatic carbocycles. The van der Waals surface area contributed by atoms with E-state index in [1.807, 2.05) is 0 Å². The Morgan fingerprint density at radius 3 is 2.64 bits per heavy atom. The molecular formula is C19H17ClFN3O4. The highest BCUT2D eigenvalue weighted by Gasteiger charge is 2.41. The zero-order valence-electron chi connectivity index (χ0n) is 15.2. The summed E-state index contributed by atoms with van der Waals surface area (Å²) < 4.78 is 14.6. The van der Waals surface area contributed by atoms with E-state index in [4.69, 9.17) is 11.6 Å². The van der Waals surface area contributed by atoms with Crippen molar-refractivity contribution in [2.24, 2.45) is 0 Å². The van der Waals surface area contributed by atoms with Gasteiger partial charge in [0.05, 0.1) is 10.6 Å². The monoisotopic (exact) mass is 405 g/mol. The Hall–Kier alpha value is -2.87. The molecule has 0 bridgehead atoms. The summed E-state index contributed by atoms with van der Waals surface area (Å²) in [5.41, 5.74) is 0.262. The zero-order chi connectivity index (χ0) is 20.3. The highest BCUT2D eigenvalue weighted by molar-refractivity contribution is 6.30. The summed E-state index contributed by atoms with van der Waals surface area (Å²) in [5, 5.41) is 10.4. The van der Waals surface area contributed by atoms with E-state index in [0.29, 0.717) is 17.5 Å². The number of hydrogen-bond acceptors (Lipinski definition) is 4. The first-order valence-electron chi connectivity index (χ1n) is 8.73. The number of nitrogens with zero attached hydrogens (tertiary/aromatic N) is 3. The third-order valence-corrected chi connectivity index (χ3v) is 5.72. The molecule has 28 heavy (non-hydrogen) atoms. The number of halogens is 2. The van der Waals surface area contributed by atoms with Gasteiger partial charge in [-0.1, -0.05) is 17.7 Å². The van der Waals surface area contributed by atoms with Crippen molar-refractivity contribution < 1.29 is 19.1 Å². The minimum absolute atomic E-state index is 0.0520. The predicted molar refractivity (Wildman–Crippen MR) is 99.0 cm³/mol. The van der Waals surface area contributed by atoms with Crippen molar-refractivity contribution in [2.45, 2.75) is 26.1 Å². The molecule has 0 fully saturated rings. The van der Waals surface area contributed by atoms with Crippen molar-refractivity contribution in [3.63, 3.8) is 0 Å². The Morgan fingerprint density at radius 2 is 1.96 bits per heavy atom. The largest absolute Gasteiger partial charge is 0.502 e. The molecule has 4 rings (SSSR count). The predicted octanol–water partition coefficient (Wildman–Crippen LogP) is 2.15. The van der Waals surface area contributed by atoms with Crippen molar-refractivity contribution in [2.75, 3.05) is 13.6 Å². The van der Waals surface area contributed by atoms with Crippen molar-refractivity contribution in [3.05, 3.63) is 61.8 Å². The number of aromatic nitrogens is 1. The van der Waals surface area contributed by atoms with Crippen LogP contribution in [0.25, 0.3) is 0 Å². The molecule has 1 N–H and O–H groups in total. The molecule has 2 amide bonds. The van der Waals surface area contributed by atoms with Gasteiger partial charge in [0, 0.05) is 25.7 Å². The van der Waals surface area contributed by atoms with Crippen LogP contribution < -0.4 is 5.56 Å². The number of amides is 2. The maximum Gasteiger partial charge on any atom is 0.295 e. The Morgan fingerprint density at radius 1 is 1.25 bits per heavy atom. The molecule has 2 aliphatic heterocycles. The van der Waals surface area contributed by atoms with Gasteiger partial charge in [-0.15, -0.1) is 0 Å². The number of carbonyl (C=O) groups excluding carboxylic acids is 2. The Bertz CT molecular complexity index is 1100. The molecule has 0 saturated carbocycles. The second-order valence-electron chi connectivity index (χ2n) is 7.00. The summed E-state index contributed by atoms with van der Waals surface area (Å²) in [7, 11) is 1.57. The van der Waals surface area contributed by atoms with Crippen molar-refractivity contribution in [1.29, 1.82) is 0 Å². The number of aromatic hydroxyl groups is 1. The zero-order valence-corrected chi connectivity index (χ0v) is 16.0. The van der Waals surface area contributed by atoms with Gasteiger partial charge < -0.3 is 14.9 Å². The van der Waals surface area contributed by atoms with Crippen LogP contribution in [0.2, 0.25) is 5.02 Å².